The van der Waals surface area contributed by atoms with Gasteiger partial charge in [-0.05, 0) is 50.6 Å². The van der Waals surface area contributed by atoms with E-state index in [-0.39, 0.29) is 5.91 Å². The topological polar surface area (TPSA) is 87.9 Å². The van der Waals surface area contributed by atoms with E-state index < -0.39 is 5.25 Å². The average molecular weight is 489 g/mol. The van der Waals surface area contributed by atoms with Crippen molar-refractivity contribution in [3.63, 3.8) is 0 Å². The van der Waals surface area contributed by atoms with Crippen LogP contribution < -0.4 is 10.1 Å². The standard InChI is InChI=1S/C26H24N4O2S2/c1-4-22(24(31)30-26-29-21-13-11-19(32-5-2)14-23(21)34-26)33-25-18(15-27)10-12-20(28-25)17-8-6-16(3)7-9-17/h6-14,22H,4-5H2,1-3H3,(H,29,30,31). The zero-order chi connectivity index (χ0) is 24.1. The second-order valence-corrected chi connectivity index (χ2v) is 9.83. The smallest absolute Gasteiger partial charge is 0.239 e. The molecule has 2 aromatic carbocycles. The highest BCUT2D eigenvalue weighted by Gasteiger charge is 2.22. The predicted molar refractivity (Wildman–Crippen MR) is 138 cm³/mol. The average Bonchev–Trinajstić information content (AvgIpc) is 3.24. The maximum absolute atomic E-state index is 13.1. The second kappa shape index (κ2) is 10.7. The van der Waals surface area contributed by atoms with E-state index in [2.05, 4.69) is 16.4 Å². The van der Waals surface area contributed by atoms with Gasteiger partial charge in [0.1, 0.15) is 16.8 Å². The number of fused-ring (bicyclic) bond motifs is 1. The van der Waals surface area contributed by atoms with Gasteiger partial charge in [0, 0.05) is 5.56 Å². The number of hydrogen-bond acceptors (Lipinski definition) is 7. The molecule has 0 aliphatic carbocycles. The van der Waals surface area contributed by atoms with Gasteiger partial charge in [-0.2, -0.15) is 5.26 Å². The fraction of sp³-hybridized carbons (Fsp3) is 0.231. The number of aromatic nitrogens is 2. The number of hydrogen-bond donors (Lipinski definition) is 1. The number of carbonyl (C=O) groups is 1. The zero-order valence-electron chi connectivity index (χ0n) is 19.2. The Balaban J connectivity index is 1.54. The molecule has 1 unspecified atom stereocenters. The first-order valence-corrected chi connectivity index (χ1v) is 12.7. The lowest BCUT2D eigenvalue weighted by Gasteiger charge is -2.14. The molecule has 8 heteroatoms. The third-order valence-corrected chi connectivity index (χ3v) is 7.45. The largest absolute Gasteiger partial charge is 0.494 e. The molecule has 0 aliphatic rings. The minimum Gasteiger partial charge on any atom is -0.494 e. The van der Waals surface area contributed by atoms with Crippen molar-refractivity contribution in [3.8, 4) is 23.1 Å². The van der Waals surface area contributed by atoms with E-state index in [0.29, 0.717) is 28.7 Å². The number of nitrogens with zero attached hydrogens (tertiary/aromatic N) is 3. The first-order chi connectivity index (χ1) is 16.5. The first-order valence-electron chi connectivity index (χ1n) is 11.0. The maximum atomic E-state index is 13.1. The van der Waals surface area contributed by atoms with Crippen molar-refractivity contribution in [2.75, 3.05) is 11.9 Å². The van der Waals surface area contributed by atoms with Gasteiger partial charge in [0.05, 0.1) is 33.3 Å². The molecule has 6 nitrogen and oxygen atoms in total. The molecule has 0 bridgehead atoms. The van der Waals surface area contributed by atoms with Gasteiger partial charge >= 0.3 is 0 Å². The van der Waals surface area contributed by atoms with Crippen molar-refractivity contribution < 1.29 is 9.53 Å². The van der Waals surface area contributed by atoms with Crippen LogP contribution in [0.15, 0.2) is 59.6 Å². The number of thioether (sulfide) groups is 1. The van der Waals surface area contributed by atoms with E-state index in [0.717, 1.165) is 27.2 Å². The Bertz CT molecular complexity index is 1360. The van der Waals surface area contributed by atoms with E-state index in [1.54, 1.807) is 6.07 Å². The van der Waals surface area contributed by atoms with Crippen LogP contribution in [0.25, 0.3) is 21.5 Å². The molecule has 1 atom stereocenters. The Kier molecular flexibility index (Phi) is 7.46. The van der Waals surface area contributed by atoms with Crippen LogP contribution in [0.5, 0.6) is 5.75 Å². The molecule has 1 amide bonds. The number of anilines is 1. The van der Waals surface area contributed by atoms with E-state index in [9.17, 15) is 10.1 Å². The van der Waals surface area contributed by atoms with Gasteiger partial charge in [-0.3, -0.25) is 4.79 Å². The van der Waals surface area contributed by atoms with Crippen molar-refractivity contribution in [3.05, 3.63) is 65.7 Å². The predicted octanol–water partition coefficient (Wildman–Crippen LogP) is 6.45. The van der Waals surface area contributed by atoms with Crippen molar-refractivity contribution in [1.82, 2.24) is 9.97 Å². The van der Waals surface area contributed by atoms with Crippen molar-refractivity contribution in [1.29, 1.82) is 5.26 Å². The molecule has 4 aromatic rings. The molecule has 2 aromatic heterocycles. The summed E-state index contributed by atoms with van der Waals surface area (Å²) in [7, 11) is 0. The summed E-state index contributed by atoms with van der Waals surface area (Å²) in [5.74, 6) is 0.616. The molecule has 0 saturated carbocycles. The highest BCUT2D eigenvalue weighted by molar-refractivity contribution is 8.00. The normalized spacial score (nSPS) is 11.7. The molecular formula is C26H24N4O2S2. The van der Waals surface area contributed by atoms with Crippen LogP contribution in [0.3, 0.4) is 0 Å². The molecule has 172 valence electrons. The number of ether oxygens (including phenoxy) is 1. The van der Waals surface area contributed by atoms with Gasteiger partial charge in [-0.1, -0.05) is 59.9 Å². The molecule has 0 spiro atoms. The van der Waals surface area contributed by atoms with Crippen LogP contribution >= 0.6 is 23.1 Å². The van der Waals surface area contributed by atoms with Crippen LogP contribution in [0.1, 0.15) is 31.4 Å². The molecule has 2 heterocycles. The van der Waals surface area contributed by atoms with Gasteiger partial charge in [0.25, 0.3) is 0 Å². The summed E-state index contributed by atoms with van der Waals surface area (Å²) in [6.07, 6.45) is 0.581. The van der Waals surface area contributed by atoms with E-state index in [4.69, 9.17) is 9.72 Å². The summed E-state index contributed by atoms with van der Waals surface area (Å²) in [5, 5.41) is 13.2. The van der Waals surface area contributed by atoms with Crippen LogP contribution in [-0.2, 0) is 4.79 Å². The number of amides is 1. The minimum atomic E-state index is -0.418. The van der Waals surface area contributed by atoms with Crippen LogP contribution in [-0.4, -0.2) is 27.7 Å². The molecule has 34 heavy (non-hydrogen) atoms. The van der Waals surface area contributed by atoms with Crippen LogP contribution in [0, 0.1) is 18.3 Å². The maximum Gasteiger partial charge on any atom is 0.239 e. The number of rotatable bonds is 8. The van der Waals surface area contributed by atoms with Gasteiger partial charge in [0.15, 0.2) is 5.13 Å². The van der Waals surface area contributed by atoms with Gasteiger partial charge < -0.3 is 10.1 Å². The Morgan fingerprint density at radius 2 is 1.94 bits per heavy atom. The fourth-order valence-electron chi connectivity index (χ4n) is 3.36. The molecule has 4 rings (SSSR count). The SMILES string of the molecule is CCOc1ccc2nc(NC(=O)C(CC)Sc3nc(-c4ccc(C)cc4)ccc3C#N)sc2c1. The number of carbonyl (C=O) groups excluding carboxylic acids is 1. The summed E-state index contributed by atoms with van der Waals surface area (Å²) >= 11 is 2.71. The van der Waals surface area contributed by atoms with E-state index >= 15 is 0 Å². The minimum absolute atomic E-state index is 0.164. The quantitative estimate of drug-likeness (QED) is 0.287. The lowest BCUT2D eigenvalue weighted by atomic mass is 10.1. The summed E-state index contributed by atoms with van der Waals surface area (Å²) in [6.45, 7) is 6.51. The molecule has 0 fully saturated rings. The Labute approximate surface area is 207 Å². The van der Waals surface area contributed by atoms with E-state index in [1.165, 1.54) is 28.7 Å². The molecule has 0 aliphatic heterocycles. The monoisotopic (exact) mass is 488 g/mol. The summed E-state index contributed by atoms with van der Waals surface area (Å²) in [5.41, 5.74) is 4.17. The Morgan fingerprint density at radius 3 is 2.65 bits per heavy atom. The summed E-state index contributed by atoms with van der Waals surface area (Å²) in [4.78, 5) is 22.3. The van der Waals surface area contributed by atoms with E-state index in [1.807, 2.05) is 69.3 Å². The zero-order valence-corrected chi connectivity index (χ0v) is 20.8. The fourth-order valence-corrected chi connectivity index (χ4v) is 5.25. The van der Waals surface area contributed by atoms with Crippen molar-refractivity contribution >= 4 is 44.4 Å². The number of thiazole rings is 1. The lowest BCUT2D eigenvalue weighted by molar-refractivity contribution is -0.115. The highest BCUT2D eigenvalue weighted by Crippen LogP contribution is 2.32. The number of nitrogens with one attached hydrogen (secondary N) is 1. The number of nitriles is 1. The number of aryl methyl sites for hydroxylation is 1. The molecular weight excluding hydrogens is 464 g/mol. The number of benzene rings is 2. The third-order valence-electron chi connectivity index (χ3n) is 5.15. The Hall–Kier alpha value is -3.41. The third kappa shape index (κ3) is 5.38. The number of pyridine rings is 1. The second-order valence-electron chi connectivity index (χ2n) is 7.61. The van der Waals surface area contributed by atoms with Gasteiger partial charge in [0.2, 0.25) is 5.91 Å². The molecule has 1 N–H and O–H groups in total. The van der Waals surface area contributed by atoms with Gasteiger partial charge in [-0.25, -0.2) is 9.97 Å². The molecule has 0 radical (unpaired) electrons. The van der Waals surface area contributed by atoms with Crippen molar-refractivity contribution in [2.45, 2.75) is 37.5 Å². The summed E-state index contributed by atoms with van der Waals surface area (Å²) < 4.78 is 6.50. The van der Waals surface area contributed by atoms with Crippen molar-refractivity contribution in [2.24, 2.45) is 0 Å². The molecule has 0 saturated heterocycles. The lowest BCUT2D eigenvalue weighted by Crippen LogP contribution is -2.24. The highest BCUT2D eigenvalue weighted by atomic mass is 32.2. The summed E-state index contributed by atoms with van der Waals surface area (Å²) in [6, 6.07) is 19.6. The first kappa shape index (κ1) is 23.7. The van der Waals surface area contributed by atoms with Gasteiger partial charge in [-0.15, -0.1) is 0 Å². The van der Waals surface area contributed by atoms with Crippen LogP contribution in [0.2, 0.25) is 0 Å². The van der Waals surface area contributed by atoms with Crippen LogP contribution in [0.4, 0.5) is 5.13 Å². The Morgan fingerprint density at radius 1 is 1.15 bits per heavy atom.